The number of ether oxygens (including phenoxy) is 1. The lowest BCUT2D eigenvalue weighted by Gasteiger charge is -2.22. The number of aromatic nitrogens is 3. The number of hydrogen-bond acceptors (Lipinski definition) is 7. The molecule has 1 aliphatic rings. The number of hydrogen-bond donors (Lipinski definition) is 1. The summed E-state index contributed by atoms with van der Waals surface area (Å²) in [4.78, 5) is 27.1. The van der Waals surface area contributed by atoms with Crippen molar-refractivity contribution in [3.05, 3.63) is 34.7 Å². The highest BCUT2D eigenvalue weighted by molar-refractivity contribution is 7.07. The third-order valence-electron chi connectivity index (χ3n) is 3.74. The third kappa shape index (κ3) is 4.02. The number of nitrogens with one attached hydrogen (secondary N) is 1. The van der Waals surface area contributed by atoms with Crippen molar-refractivity contribution in [2.24, 2.45) is 5.92 Å². The summed E-state index contributed by atoms with van der Waals surface area (Å²) in [6.45, 7) is 2.41. The molecule has 0 bridgehead atoms. The lowest BCUT2D eigenvalue weighted by molar-refractivity contribution is 0.0732. The van der Waals surface area contributed by atoms with Gasteiger partial charge < -0.3 is 15.0 Å². The molecule has 3 heterocycles. The van der Waals surface area contributed by atoms with Crippen molar-refractivity contribution < 1.29 is 9.53 Å². The van der Waals surface area contributed by atoms with Crippen LogP contribution in [0.4, 0.5) is 5.82 Å². The van der Waals surface area contributed by atoms with E-state index in [-0.39, 0.29) is 11.8 Å². The van der Waals surface area contributed by atoms with Crippen molar-refractivity contribution in [2.75, 3.05) is 38.7 Å². The SMILES string of the molecule is CNc1cnc(C[C@H]2COCCN(C(=O)c3cscn3)C2)cn1. The van der Waals surface area contributed by atoms with Crippen LogP contribution in [0.15, 0.2) is 23.3 Å². The molecule has 1 amide bonds. The maximum atomic E-state index is 12.5. The van der Waals surface area contributed by atoms with Crippen molar-refractivity contribution in [3.8, 4) is 0 Å². The Balaban J connectivity index is 1.65. The standard InChI is InChI=1S/C15H19N5O2S/c1-16-14-6-17-12(5-18-14)4-11-7-20(2-3-22-8-11)15(21)13-9-23-10-19-13/h5-6,9-11H,2-4,7-8H2,1H3,(H,16,18)/t11-/m1/s1. The van der Waals surface area contributed by atoms with Crippen LogP contribution < -0.4 is 5.32 Å². The summed E-state index contributed by atoms with van der Waals surface area (Å²) in [5.74, 6) is 0.916. The predicted octanol–water partition coefficient (Wildman–Crippen LogP) is 1.31. The third-order valence-corrected chi connectivity index (χ3v) is 4.32. The molecule has 2 aromatic rings. The van der Waals surface area contributed by atoms with Gasteiger partial charge >= 0.3 is 0 Å². The first kappa shape index (κ1) is 15.8. The van der Waals surface area contributed by atoms with Gasteiger partial charge in [0.15, 0.2) is 0 Å². The second-order valence-corrected chi connectivity index (χ2v) is 6.13. The van der Waals surface area contributed by atoms with E-state index in [9.17, 15) is 4.79 Å². The van der Waals surface area contributed by atoms with Gasteiger partial charge in [0.25, 0.3) is 5.91 Å². The lowest BCUT2D eigenvalue weighted by atomic mass is 10.0. The minimum atomic E-state index is -0.0293. The van der Waals surface area contributed by atoms with E-state index in [1.54, 1.807) is 23.3 Å². The molecule has 1 atom stereocenters. The molecule has 1 fully saturated rings. The second-order valence-electron chi connectivity index (χ2n) is 5.41. The van der Waals surface area contributed by atoms with E-state index in [2.05, 4.69) is 20.3 Å². The number of carbonyl (C=O) groups excluding carboxylic acids is 1. The van der Waals surface area contributed by atoms with E-state index in [1.165, 1.54) is 11.3 Å². The summed E-state index contributed by atoms with van der Waals surface area (Å²) < 4.78 is 5.65. The fraction of sp³-hybridized carbons (Fsp3) is 0.467. The smallest absolute Gasteiger partial charge is 0.273 e. The van der Waals surface area contributed by atoms with Crippen LogP contribution >= 0.6 is 11.3 Å². The summed E-state index contributed by atoms with van der Waals surface area (Å²) in [5.41, 5.74) is 3.09. The molecule has 1 saturated heterocycles. The maximum absolute atomic E-state index is 12.5. The monoisotopic (exact) mass is 333 g/mol. The molecule has 7 nitrogen and oxygen atoms in total. The van der Waals surface area contributed by atoms with Gasteiger partial charge in [-0.2, -0.15) is 0 Å². The summed E-state index contributed by atoms with van der Waals surface area (Å²) >= 11 is 1.43. The van der Waals surface area contributed by atoms with Gasteiger partial charge in [0.2, 0.25) is 0 Å². The number of thiazole rings is 1. The Labute approximate surface area is 138 Å². The number of anilines is 1. The highest BCUT2D eigenvalue weighted by atomic mass is 32.1. The van der Waals surface area contributed by atoms with Crippen molar-refractivity contribution >= 4 is 23.1 Å². The molecule has 0 spiro atoms. The fourth-order valence-electron chi connectivity index (χ4n) is 2.55. The summed E-state index contributed by atoms with van der Waals surface area (Å²) in [7, 11) is 1.81. The molecular weight excluding hydrogens is 314 g/mol. The van der Waals surface area contributed by atoms with Crippen LogP contribution in [0.1, 0.15) is 16.2 Å². The van der Waals surface area contributed by atoms with Gasteiger partial charge in [0.05, 0.1) is 36.8 Å². The number of nitrogens with zero attached hydrogens (tertiary/aromatic N) is 4. The average Bonchev–Trinajstić information content (AvgIpc) is 3.02. The molecule has 8 heteroatoms. The van der Waals surface area contributed by atoms with E-state index >= 15 is 0 Å². The Kier molecular flexibility index (Phi) is 5.14. The Morgan fingerprint density at radius 1 is 1.43 bits per heavy atom. The van der Waals surface area contributed by atoms with Crippen LogP contribution in [-0.4, -0.2) is 59.1 Å². The molecule has 1 aliphatic heterocycles. The number of carbonyl (C=O) groups is 1. The predicted molar refractivity (Wildman–Crippen MR) is 87.6 cm³/mol. The Bertz CT molecular complexity index is 632. The van der Waals surface area contributed by atoms with Gasteiger partial charge in [-0.1, -0.05) is 0 Å². The highest BCUT2D eigenvalue weighted by Gasteiger charge is 2.24. The maximum Gasteiger partial charge on any atom is 0.273 e. The van der Waals surface area contributed by atoms with E-state index in [4.69, 9.17) is 4.74 Å². The van der Waals surface area contributed by atoms with Crippen LogP contribution in [0.5, 0.6) is 0 Å². The molecule has 3 rings (SSSR count). The van der Waals surface area contributed by atoms with Crippen molar-refractivity contribution in [3.63, 3.8) is 0 Å². The van der Waals surface area contributed by atoms with Crippen molar-refractivity contribution in [2.45, 2.75) is 6.42 Å². The Morgan fingerprint density at radius 2 is 2.35 bits per heavy atom. The summed E-state index contributed by atoms with van der Waals surface area (Å²) in [5, 5.41) is 4.73. The molecule has 122 valence electrons. The van der Waals surface area contributed by atoms with Crippen molar-refractivity contribution in [1.29, 1.82) is 0 Å². The van der Waals surface area contributed by atoms with E-state index in [1.807, 2.05) is 11.9 Å². The molecule has 0 unspecified atom stereocenters. The van der Waals surface area contributed by atoms with E-state index in [0.29, 0.717) is 32.0 Å². The van der Waals surface area contributed by atoms with Crippen LogP contribution in [0, 0.1) is 5.92 Å². The van der Waals surface area contributed by atoms with Gasteiger partial charge in [-0.05, 0) is 6.42 Å². The van der Waals surface area contributed by atoms with Gasteiger partial charge in [-0.3, -0.25) is 9.78 Å². The van der Waals surface area contributed by atoms with Gasteiger partial charge in [0.1, 0.15) is 11.5 Å². The van der Waals surface area contributed by atoms with Crippen LogP contribution in [0.3, 0.4) is 0 Å². The van der Waals surface area contributed by atoms with Crippen molar-refractivity contribution in [1.82, 2.24) is 19.9 Å². The Hall–Kier alpha value is -2.06. The zero-order valence-electron chi connectivity index (χ0n) is 12.9. The first-order chi connectivity index (χ1) is 11.3. The summed E-state index contributed by atoms with van der Waals surface area (Å²) in [6.07, 6.45) is 4.21. The second kappa shape index (κ2) is 7.47. The van der Waals surface area contributed by atoms with Crippen LogP contribution in [-0.2, 0) is 11.2 Å². The Morgan fingerprint density at radius 3 is 3.04 bits per heavy atom. The van der Waals surface area contributed by atoms with Gasteiger partial charge in [0, 0.05) is 31.4 Å². The molecule has 1 N–H and O–H groups in total. The normalized spacial score (nSPS) is 18.5. The van der Waals surface area contributed by atoms with Crippen LogP contribution in [0.25, 0.3) is 0 Å². The molecule has 2 aromatic heterocycles. The average molecular weight is 333 g/mol. The summed E-state index contributed by atoms with van der Waals surface area (Å²) in [6, 6.07) is 0. The molecule has 0 saturated carbocycles. The zero-order valence-corrected chi connectivity index (χ0v) is 13.8. The highest BCUT2D eigenvalue weighted by Crippen LogP contribution is 2.15. The quantitative estimate of drug-likeness (QED) is 0.908. The minimum Gasteiger partial charge on any atom is -0.379 e. The first-order valence-electron chi connectivity index (χ1n) is 7.50. The number of rotatable bonds is 4. The zero-order chi connectivity index (χ0) is 16.1. The number of amides is 1. The van der Waals surface area contributed by atoms with E-state index in [0.717, 1.165) is 17.9 Å². The van der Waals surface area contributed by atoms with Gasteiger partial charge in [-0.25, -0.2) is 9.97 Å². The largest absolute Gasteiger partial charge is 0.379 e. The molecule has 0 aliphatic carbocycles. The van der Waals surface area contributed by atoms with Gasteiger partial charge in [-0.15, -0.1) is 11.3 Å². The molecule has 0 radical (unpaired) electrons. The lowest BCUT2D eigenvalue weighted by Crippen LogP contribution is -2.36. The topological polar surface area (TPSA) is 80.2 Å². The molecule has 0 aromatic carbocycles. The first-order valence-corrected chi connectivity index (χ1v) is 8.44. The minimum absolute atomic E-state index is 0.0293. The van der Waals surface area contributed by atoms with E-state index < -0.39 is 0 Å². The fourth-order valence-corrected chi connectivity index (χ4v) is 3.08. The van der Waals surface area contributed by atoms with Crippen LogP contribution in [0.2, 0.25) is 0 Å². The molecular formula is C15H19N5O2S. The molecule has 23 heavy (non-hydrogen) atoms.